The van der Waals surface area contributed by atoms with Crippen molar-refractivity contribution in [2.75, 3.05) is 4.90 Å². The van der Waals surface area contributed by atoms with Gasteiger partial charge in [0.1, 0.15) is 0 Å². The molecule has 3 aromatic carbocycles. The number of hydrogen-bond acceptors (Lipinski definition) is 6. The molecule has 4 rings (SSSR count). The molecule has 1 aliphatic rings. The molecule has 31 heavy (non-hydrogen) atoms. The maximum atomic E-state index is 13.1. The van der Waals surface area contributed by atoms with Crippen molar-refractivity contribution in [3.8, 4) is 0 Å². The summed E-state index contributed by atoms with van der Waals surface area (Å²) < 4.78 is 0.354. The van der Waals surface area contributed by atoms with E-state index in [1.54, 1.807) is 36.4 Å². The van der Waals surface area contributed by atoms with Gasteiger partial charge >= 0.3 is 0 Å². The number of nitrogens with zero attached hydrogens (tertiary/aromatic N) is 2. The molecule has 1 heterocycles. The Morgan fingerprint density at radius 3 is 2.48 bits per heavy atom. The number of carbonyl (C=O) groups is 1. The second kappa shape index (κ2) is 9.23. The summed E-state index contributed by atoms with van der Waals surface area (Å²) in [4.78, 5) is 27.5. The van der Waals surface area contributed by atoms with Gasteiger partial charge in [-0.25, -0.2) is 0 Å². The first kappa shape index (κ1) is 21.6. The van der Waals surface area contributed by atoms with E-state index in [9.17, 15) is 14.9 Å². The summed E-state index contributed by atoms with van der Waals surface area (Å²) in [5.41, 5.74) is 1.03. The van der Waals surface area contributed by atoms with Gasteiger partial charge in [-0.3, -0.25) is 19.8 Å². The van der Waals surface area contributed by atoms with E-state index in [-0.39, 0.29) is 11.6 Å². The van der Waals surface area contributed by atoms with Crippen molar-refractivity contribution < 1.29 is 9.72 Å². The van der Waals surface area contributed by atoms with E-state index < -0.39 is 4.92 Å². The molecule has 1 fully saturated rings. The first-order valence-corrected chi connectivity index (χ1v) is 11.4. The second-order valence-electron chi connectivity index (χ2n) is 6.36. The van der Waals surface area contributed by atoms with Crippen LogP contribution in [0, 0.1) is 10.1 Å². The van der Waals surface area contributed by atoms with Crippen molar-refractivity contribution in [1.82, 2.24) is 0 Å². The van der Waals surface area contributed by atoms with Crippen LogP contribution in [0.15, 0.2) is 87.5 Å². The average Bonchev–Trinajstić information content (AvgIpc) is 3.03. The number of thioether (sulfide) groups is 1. The first-order chi connectivity index (χ1) is 14.9. The lowest BCUT2D eigenvalue weighted by Gasteiger charge is -2.15. The maximum absolute atomic E-state index is 13.1. The third kappa shape index (κ3) is 4.67. The Morgan fingerprint density at radius 1 is 1.06 bits per heavy atom. The summed E-state index contributed by atoms with van der Waals surface area (Å²) in [5.74, 6) is -0.315. The molecule has 0 atom stereocenters. The number of anilines is 1. The van der Waals surface area contributed by atoms with Crippen LogP contribution in [0.2, 0.25) is 5.02 Å². The van der Waals surface area contributed by atoms with Gasteiger partial charge in [0, 0.05) is 21.9 Å². The van der Waals surface area contributed by atoms with E-state index in [0.29, 0.717) is 25.5 Å². The number of carbonyl (C=O) groups excluding carboxylic acids is 1. The van der Waals surface area contributed by atoms with Crippen molar-refractivity contribution in [3.05, 3.63) is 98.4 Å². The van der Waals surface area contributed by atoms with Gasteiger partial charge in [0.25, 0.3) is 11.6 Å². The van der Waals surface area contributed by atoms with E-state index >= 15 is 0 Å². The summed E-state index contributed by atoms with van der Waals surface area (Å²) in [6.45, 7) is 0. The van der Waals surface area contributed by atoms with Crippen molar-refractivity contribution in [1.29, 1.82) is 0 Å². The van der Waals surface area contributed by atoms with Crippen LogP contribution in [-0.4, -0.2) is 15.2 Å². The van der Waals surface area contributed by atoms with E-state index in [0.717, 1.165) is 21.6 Å². The molecule has 5 nitrogen and oxygen atoms in total. The lowest BCUT2D eigenvalue weighted by Crippen LogP contribution is -2.27. The second-order valence-corrected chi connectivity index (χ2v) is 9.56. The van der Waals surface area contributed by atoms with Crippen LogP contribution in [0.4, 0.5) is 11.4 Å². The smallest absolute Gasteiger partial charge is 0.268 e. The molecule has 1 aliphatic heterocycles. The van der Waals surface area contributed by atoms with Crippen molar-refractivity contribution in [3.63, 3.8) is 0 Å². The third-order valence-corrected chi connectivity index (χ3v) is 7.07. The molecule has 0 N–H and O–H groups in total. The zero-order chi connectivity index (χ0) is 22.0. The Kier molecular flexibility index (Phi) is 6.43. The van der Waals surface area contributed by atoms with Crippen LogP contribution in [0.5, 0.6) is 0 Å². The molecule has 0 bridgehead atoms. The highest BCUT2D eigenvalue weighted by Crippen LogP contribution is 2.40. The van der Waals surface area contributed by atoms with Crippen LogP contribution < -0.4 is 4.90 Å². The van der Waals surface area contributed by atoms with Gasteiger partial charge in [-0.1, -0.05) is 77.7 Å². The predicted octanol–water partition coefficient (Wildman–Crippen LogP) is 6.81. The molecule has 9 heteroatoms. The van der Waals surface area contributed by atoms with Gasteiger partial charge in [-0.15, -0.1) is 0 Å². The predicted molar refractivity (Wildman–Crippen MR) is 131 cm³/mol. The van der Waals surface area contributed by atoms with Crippen molar-refractivity contribution in [2.45, 2.75) is 9.79 Å². The number of para-hydroxylation sites is 1. The molecule has 154 valence electrons. The molecule has 0 aromatic heterocycles. The van der Waals surface area contributed by atoms with E-state index in [1.807, 2.05) is 30.3 Å². The average molecular weight is 485 g/mol. The normalized spacial score (nSPS) is 15.0. The number of benzene rings is 3. The molecule has 3 aromatic rings. The van der Waals surface area contributed by atoms with E-state index in [4.69, 9.17) is 23.8 Å². The maximum Gasteiger partial charge on any atom is 0.270 e. The van der Waals surface area contributed by atoms with Crippen molar-refractivity contribution >= 4 is 75.0 Å². The SMILES string of the molecule is O=C1/C(=C/c2cc([N+](=O)[O-])ccc2Sc2ccccc2)SC(=S)N1c1ccccc1Cl. The minimum Gasteiger partial charge on any atom is -0.268 e. The fourth-order valence-electron chi connectivity index (χ4n) is 2.92. The first-order valence-electron chi connectivity index (χ1n) is 8.98. The molecule has 0 saturated carbocycles. The molecular weight excluding hydrogens is 472 g/mol. The van der Waals surface area contributed by atoms with E-state index in [1.165, 1.54) is 28.8 Å². The molecule has 1 amide bonds. The molecule has 0 spiro atoms. The van der Waals surface area contributed by atoms with Gasteiger partial charge < -0.3 is 0 Å². The zero-order valence-corrected chi connectivity index (χ0v) is 18.9. The highest BCUT2D eigenvalue weighted by atomic mass is 35.5. The Hall–Kier alpha value is -2.65. The highest BCUT2D eigenvalue weighted by Gasteiger charge is 2.34. The molecule has 0 radical (unpaired) electrons. The number of nitro benzene ring substituents is 1. The number of non-ortho nitro benzene ring substituents is 1. The van der Waals surface area contributed by atoms with Gasteiger partial charge in [0.2, 0.25) is 0 Å². The standard InChI is InChI=1S/C22H13ClN2O3S3/c23-17-8-4-5-9-18(17)24-21(26)20(31-22(24)29)13-14-12-15(25(27)28)10-11-19(14)30-16-6-2-1-3-7-16/h1-13H/b20-13-. The summed E-state index contributed by atoms with van der Waals surface area (Å²) in [7, 11) is 0. The van der Waals surface area contributed by atoms with Gasteiger partial charge in [0.05, 0.1) is 20.5 Å². The lowest BCUT2D eigenvalue weighted by molar-refractivity contribution is -0.384. The molecule has 0 unspecified atom stereocenters. The van der Waals surface area contributed by atoms with Crippen LogP contribution in [0.3, 0.4) is 0 Å². The van der Waals surface area contributed by atoms with Gasteiger partial charge in [-0.2, -0.15) is 0 Å². The number of rotatable bonds is 5. The summed E-state index contributed by atoms with van der Waals surface area (Å²) in [6, 6.07) is 21.2. The van der Waals surface area contributed by atoms with Gasteiger partial charge in [-0.05, 0) is 42.0 Å². The van der Waals surface area contributed by atoms with Crippen LogP contribution >= 0.6 is 47.3 Å². The Balaban J connectivity index is 1.74. The largest absolute Gasteiger partial charge is 0.270 e. The van der Waals surface area contributed by atoms with Crippen LogP contribution in [0.1, 0.15) is 5.56 Å². The monoisotopic (exact) mass is 484 g/mol. The molecular formula is C22H13ClN2O3S3. The quantitative estimate of drug-likeness (QED) is 0.171. The lowest BCUT2D eigenvalue weighted by atomic mass is 10.2. The minimum atomic E-state index is -0.455. The molecule has 1 saturated heterocycles. The Bertz CT molecular complexity index is 1230. The third-order valence-electron chi connectivity index (χ3n) is 4.35. The van der Waals surface area contributed by atoms with Gasteiger partial charge in [0.15, 0.2) is 4.32 Å². The number of amides is 1. The highest BCUT2D eigenvalue weighted by molar-refractivity contribution is 8.27. The summed E-state index contributed by atoms with van der Waals surface area (Å²) in [6.07, 6.45) is 1.65. The Labute approximate surface area is 197 Å². The topological polar surface area (TPSA) is 63.4 Å². The number of thiocarbonyl (C=S) groups is 1. The summed E-state index contributed by atoms with van der Waals surface area (Å²) in [5, 5.41) is 11.7. The summed E-state index contributed by atoms with van der Waals surface area (Å²) >= 11 is 14.3. The van der Waals surface area contributed by atoms with Crippen LogP contribution in [-0.2, 0) is 4.79 Å². The zero-order valence-electron chi connectivity index (χ0n) is 15.7. The Morgan fingerprint density at radius 2 is 1.77 bits per heavy atom. The minimum absolute atomic E-state index is 0.0507. The molecule has 0 aliphatic carbocycles. The van der Waals surface area contributed by atoms with Crippen LogP contribution in [0.25, 0.3) is 6.08 Å². The van der Waals surface area contributed by atoms with E-state index in [2.05, 4.69) is 0 Å². The number of hydrogen-bond donors (Lipinski definition) is 0. The fourth-order valence-corrected chi connectivity index (χ4v) is 5.34. The number of halogens is 1. The number of nitro groups is 1. The van der Waals surface area contributed by atoms with Crippen molar-refractivity contribution in [2.24, 2.45) is 0 Å². The fraction of sp³-hybridized carbons (Fsp3) is 0.